The molecule has 0 N–H and O–H groups in total. The second-order valence-corrected chi connectivity index (χ2v) is 7.34. The molecule has 3 rings (SSSR count). The number of alkyl halides is 6. The fourth-order valence-corrected chi connectivity index (χ4v) is 4.14. The van der Waals surface area contributed by atoms with E-state index < -0.39 is 29.5 Å². The summed E-state index contributed by atoms with van der Waals surface area (Å²) in [5.74, 6) is 0. The second kappa shape index (κ2) is 7.47. The molecule has 2 aromatic rings. The zero-order chi connectivity index (χ0) is 21.6. The first kappa shape index (κ1) is 21.4. The molecule has 156 valence electrons. The maximum Gasteiger partial charge on any atom is 0.416 e. The number of carbonyl (C=O) groups is 1. The van der Waals surface area contributed by atoms with Crippen molar-refractivity contribution in [1.82, 2.24) is 4.90 Å². The van der Waals surface area contributed by atoms with Crippen LogP contribution >= 0.6 is 11.8 Å². The van der Waals surface area contributed by atoms with Gasteiger partial charge < -0.3 is 4.90 Å². The van der Waals surface area contributed by atoms with Gasteiger partial charge in [0.2, 0.25) is 0 Å². The molecular weight excluding hydrogens is 418 g/mol. The maximum atomic E-state index is 13.1. The Morgan fingerprint density at radius 1 is 0.862 bits per heavy atom. The van der Waals surface area contributed by atoms with Crippen molar-refractivity contribution in [3.63, 3.8) is 0 Å². The van der Waals surface area contributed by atoms with Crippen molar-refractivity contribution in [3.8, 4) is 0 Å². The summed E-state index contributed by atoms with van der Waals surface area (Å²) in [6, 6.07) is 5.25. The van der Waals surface area contributed by atoms with Gasteiger partial charge in [-0.15, -0.1) is 0 Å². The molecule has 0 atom stereocenters. The van der Waals surface area contributed by atoms with Crippen molar-refractivity contribution in [3.05, 3.63) is 47.5 Å². The van der Waals surface area contributed by atoms with Crippen LogP contribution in [0.5, 0.6) is 0 Å². The van der Waals surface area contributed by atoms with Crippen LogP contribution in [0.1, 0.15) is 25.0 Å². The number of hydrogen-bond acceptors (Lipinski definition) is 2. The highest BCUT2D eigenvalue weighted by atomic mass is 32.2. The number of benzene rings is 2. The van der Waals surface area contributed by atoms with Gasteiger partial charge in [0.05, 0.1) is 22.5 Å². The first-order valence-electron chi connectivity index (χ1n) is 8.66. The van der Waals surface area contributed by atoms with Crippen molar-refractivity contribution in [2.24, 2.45) is 0 Å². The Balaban J connectivity index is 2.19. The van der Waals surface area contributed by atoms with E-state index in [2.05, 4.69) is 0 Å². The Labute approximate surface area is 167 Å². The zero-order valence-electron chi connectivity index (χ0n) is 15.4. The predicted molar refractivity (Wildman–Crippen MR) is 97.5 cm³/mol. The Hall–Kier alpha value is -2.36. The van der Waals surface area contributed by atoms with E-state index in [-0.39, 0.29) is 21.2 Å². The lowest BCUT2D eigenvalue weighted by atomic mass is 10.1. The molecule has 0 saturated carbocycles. The minimum atomic E-state index is -4.61. The summed E-state index contributed by atoms with van der Waals surface area (Å²) in [7, 11) is 0. The number of carbonyl (C=O) groups excluding carboxylic acids is 1. The number of anilines is 2. The van der Waals surface area contributed by atoms with Crippen LogP contribution < -0.4 is 4.90 Å². The first-order chi connectivity index (χ1) is 13.5. The Morgan fingerprint density at radius 2 is 1.28 bits per heavy atom. The van der Waals surface area contributed by atoms with E-state index in [1.54, 1.807) is 13.8 Å². The molecule has 0 fully saturated rings. The monoisotopic (exact) mass is 434 g/mol. The van der Waals surface area contributed by atoms with E-state index >= 15 is 0 Å². The Bertz CT molecular complexity index is 874. The number of halogens is 6. The average Bonchev–Trinajstić information content (AvgIpc) is 2.64. The molecule has 1 aliphatic rings. The van der Waals surface area contributed by atoms with E-state index in [1.807, 2.05) is 0 Å². The van der Waals surface area contributed by atoms with Gasteiger partial charge in [0.15, 0.2) is 0 Å². The molecule has 1 aliphatic heterocycles. The van der Waals surface area contributed by atoms with Crippen LogP contribution in [0.4, 0.5) is 42.5 Å². The normalized spacial score (nSPS) is 13.7. The molecule has 0 unspecified atom stereocenters. The summed E-state index contributed by atoms with van der Waals surface area (Å²) in [5.41, 5.74) is -1.47. The first-order valence-corrected chi connectivity index (χ1v) is 9.48. The van der Waals surface area contributed by atoms with Crippen molar-refractivity contribution in [2.45, 2.75) is 36.0 Å². The molecule has 0 aromatic heterocycles. The van der Waals surface area contributed by atoms with Gasteiger partial charge in [-0.25, -0.2) is 4.79 Å². The number of fused-ring (bicyclic) bond motifs is 2. The predicted octanol–water partition coefficient (Wildman–Crippen LogP) is 6.79. The van der Waals surface area contributed by atoms with Gasteiger partial charge in [0.1, 0.15) is 0 Å². The minimum Gasteiger partial charge on any atom is -0.325 e. The third-order valence-corrected chi connectivity index (χ3v) is 5.60. The SMILES string of the molecule is CCN(CC)C(=O)N1c2ccc(C(F)(F)F)cc2Sc2cc(C(F)(F)F)ccc21. The summed E-state index contributed by atoms with van der Waals surface area (Å²) < 4.78 is 78.7. The number of nitrogens with zero attached hydrogens (tertiary/aromatic N) is 2. The van der Waals surface area contributed by atoms with Crippen LogP contribution in [-0.2, 0) is 12.4 Å². The lowest BCUT2D eigenvalue weighted by Crippen LogP contribution is -2.41. The summed E-state index contributed by atoms with van der Waals surface area (Å²) in [6.45, 7) is 4.15. The number of hydrogen-bond donors (Lipinski definition) is 0. The summed E-state index contributed by atoms with van der Waals surface area (Å²) >= 11 is 0.779. The zero-order valence-corrected chi connectivity index (χ0v) is 16.2. The molecule has 2 aromatic carbocycles. The smallest absolute Gasteiger partial charge is 0.325 e. The molecule has 29 heavy (non-hydrogen) atoms. The molecule has 0 radical (unpaired) electrons. The van der Waals surface area contributed by atoms with Gasteiger partial charge >= 0.3 is 18.4 Å². The van der Waals surface area contributed by atoms with E-state index in [0.29, 0.717) is 13.1 Å². The molecule has 0 saturated heterocycles. The molecule has 0 spiro atoms. The van der Waals surface area contributed by atoms with Gasteiger partial charge in [-0.2, -0.15) is 26.3 Å². The highest BCUT2D eigenvalue weighted by molar-refractivity contribution is 7.99. The molecule has 3 nitrogen and oxygen atoms in total. The quantitative estimate of drug-likeness (QED) is 0.486. The highest BCUT2D eigenvalue weighted by Gasteiger charge is 2.37. The number of amides is 2. The fourth-order valence-electron chi connectivity index (χ4n) is 3.00. The van der Waals surface area contributed by atoms with E-state index in [0.717, 1.165) is 36.0 Å². The van der Waals surface area contributed by atoms with E-state index in [1.165, 1.54) is 21.9 Å². The van der Waals surface area contributed by atoms with Crippen LogP contribution in [0.3, 0.4) is 0 Å². The molecule has 10 heteroatoms. The highest BCUT2D eigenvalue weighted by Crippen LogP contribution is 2.51. The molecule has 1 heterocycles. The van der Waals surface area contributed by atoms with Crippen molar-refractivity contribution >= 4 is 29.2 Å². The van der Waals surface area contributed by atoms with Crippen LogP contribution in [0, 0.1) is 0 Å². The van der Waals surface area contributed by atoms with Gasteiger partial charge in [-0.05, 0) is 50.2 Å². The van der Waals surface area contributed by atoms with Crippen LogP contribution in [0.15, 0.2) is 46.2 Å². The topological polar surface area (TPSA) is 23.6 Å². The van der Waals surface area contributed by atoms with Gasteiger partial charge in [0, 0.05) is 22.9 Å². The number of urea groups is 1. The third-order valence-electron chi connectivity index (χ3n) is 4.50. The summed E-state index contributed by atoms with van der Waals surface area (Å²) in [4.78, 5) is 15.8. The van der Waals surface area contributed by atoms with Gasteiger partial charge in [-0.3, -0.25) is 4.90 Å². The number of rotatable bonds is 2. The fraction of sp³-hybridized carbons (Fsp3) is 0.316. The van der Waals surface area contributed by atoms with E-state index in [9.17, 15) is 31.1 Å². The lowest BCUT2D eigenvalue weighted by molar-refractivity contribution is -0.138. The largest absolute Gasteiger partial charge is 0.416 e. The lowest BCUT2D eigenvalue weighted by Gasteiger charge is -2.35. The van der Waals surface area contributed by atoms with E-state index in [4.69, 9.17) is 0 Å². The molecular formula is C19H16F6N2OS. The maximum absolute atomic E-state index is 13.1. The van der Waals surface area contributed by atoms with Crippen LogP contribution in [-0.4, -0.2) is 24.0 Å². The molecule has 0 aliphatic carbocycles. The van der Waals surface area contributed by atoms with Crippen molar-refractivity contribution in [2.75, 3.05) is 18.0 Å². The standard InChI is InChI=1S/C19H16F6N2OS/c1-3-26(4-2)17(28)27-13-7-5-11(18(20,21)22)9-15(13)29-16-10-12(19(23,24)25)6-8-14(16)27/h5-10H,3-4H2,1-2H3. The van der Waals surface area contributed by atoms with Crippen molar-refractivity contribution in [1.29, 1.82) is 0 Å². The van der Waals surface area contributed by atoms with Crippen LogP contribution in [0.25, 0.3) is 0 Å². The Kier molecular flexibility index (Phi) is 5.50. The van der Waals surface area contributed by atoms with Crippen LogP contribution in [0.2, 0.25) is 0 Å². The summed E-state index contributed by atoms with van der Waals surface area (Å²) in [6.07, 6.45) is -9.23. The summed E-state index contributed by atoms with van der Waals surface area (Å²) in [5, 5.41) is 0. The second-order valence-electron chi connectivity index (χ2n) is 6.25. The molecule has 2 amide bonds. The minimum absolute atomic E-state index is 0.0622. The van der Waals surface area contributed by atoms with Gasteiger partial charge in [0.25, 0.3) is 0 Å². The average molecular weight is 434 g/mol. The Morgan fingerprint density at radius 3 is 1.62 bits per heavy atom. The molecule has 0 bridgehead atoms. The van der Waals surface area contributed by atoms with Gasteiger partial charge in [-0.1, -0.05) is 11.8 Å². The van der Waals surface area contributed by atoms with Crippen molar-refractivity contribution < 1.29 is 31.1 Å². The third kappa shape index (κ3) is 4.03.